The second kappa shape index (κ2) is 8.49. The highest BCUT2D eigenvalue weighted by Gasteiger charge is 2.28. The number of nitro benzene ring substituents is 1. The molecule has 0 aromatic heterocycles. The third kappa shape index (κ3) is 4.93. The SMILES string of the molecule is O=C(Cc1ccc([N+](=O)[O-])cc1)N1CCN(S(=O)(=O)Cc2ccccc2)CC1. The summed E-state index contributed by atoms with van der Waals surface area (Å²) in [5.41, 5.74) is 1.40. The molecule has 0 bridgehead atoms. The molecule has 0 aliphatic carbocycles. The van der Waals surface area contributed by atoms with Crippen molar-refractivity contribution in [3.63, 3.8) is 0 Å². The number of benzene rings is 2. The second-order valence-corrected chi connectivity index (χ2v) is 8.59. The Kier molecular flexibility index (Phi) is 6.05. The van der Waals surface area contributed by atoms with E-state index < -0.39 is 14.9 Å². The summed E-state index contributed by atoms with van der Waals surface area (Å²) in [6, 6.07) is 14.9. The van der Waals surface area contributed by atoms with Crippen LogP contribution in [0, 0.1) is 10.1 Å². The Morgan fingerprint density at radius 1 is 0.929 bits per heavy atom. The van der Waals surface area contributed by atoms with E-state index in [0.717, 1.165) is 5.56 Å². The first kappa shape index (κ1) is 20.0. The normalized spacial score (nSPS) is 15.4. The number of nitrogens with zero attached hydrogens (tertiary/aromatic N) is 3. The number of carbonyl (C=O) groups is 1. The van der Waals surface area contributed by atoms with Gasteiger partial charge in [-0.3, -0.25) is 14.9 Å². The first-order valence-corrected chi connectivity index (χ1v) is 10.5. The number of amides is 1. The van der Waals surface area contributed by atoms with Crippen LogP contribution in [-0.4, -0.2) is 54.6 Å². The Labute approximate surface area is 163 Å². The van der Waals surface area contributed by atoms with Gasteiger partial charge in [0.1, 0.15) is 0 Å². The third-order valence-corrected chi connectivity index (χ3v) is 6.53. The summed E-state index contributed by atoms with van der Waals surface area (Å²) in [5, 5.41) is 10.7. The number of hydrogen-bond acceptors (Lipinski definition) is 5. The van der Waals surface area contributed by atoms with Crippen LogP contribution in [0.25, 0.3) is 0 Å². The van der Waals surface area contributed by atoms with Gasteiger partial charge >= 0.3 is 0 Å². The zero-order valence-corrected chi connectivity index (χ0v) is 16.0. The molecule has 0 radical (unpaired) electrons. The van der Waals surface area contributed by atoms with Crippen LogP contribution in [0.4, 0.5) is 5.69 Å². The van der Waals surface area contributed by atoms with Crippen molar-refractivity contribution in [3.05, 3.63) is 75.8 Å². The van der Waals surface area contributed by atoms with Gasteiger partial charge in [-0.05, 0) is 11.1 Å². The van der Waals surface area contributed by atoms with Gasteiger partial charge in [0.05, 0.1) is 17.1 Å². The molecule has 1 amide bonds. The number of piperazine rings is 1. The standard InChI is InChI=1S/C19H21N3O5S/c23-19(14-16-6-8-18(9-7-16)22(24)25)20-10-12-21(13-11-20)28(26,27)15-17-4-2-1-3-5-17/h1-9H,10-15H2. The van der Waals surface area contributed by atoms with Crippen molar-refractivity contribution >= 4 is 21.6 Å². The molecule has 28 heavy (non-hydrogen) atoms. The Morgan fingerprint density at radius 2 is 1.54 bits per heavy atom. The van der Waals surface area contributed by atoms with Crippen molar-refractivity contribution in [2.75, 3.05) is 26.2 Å². The maximum Gasteiger partial charge on any atom is 0.269 e. The molecule has 1 fully saturated rings. The van der Waals surface area contributed by atoms with E-state index in [4.69, 9.17) is 0 Å². The molecule has 1 saturated heterocycles. The van der Waals surface area contributed by atoms with Crippen LogP contribution in [0.3, 0.4) is 0 Å². The van der Waals surface area contributed by atoms with Gasteiger partial charge in [0, 0.05) is 38.3 Å². The fourth-order valence-corrected chi connectivity index (χ4v) is 4.63. The van der Waals surface area contributed by atoms with Gasteiger partial charge in [-0.2, -0.15) is 4.31 Å². The lowest BCUT2D eigenvalue weighted by Crippen LogP contribution is -2.51. The van der Waals surface area contributed by atoms with Crippen molar-refractivity contribution in [1.82, 2.24) is 9.21 Å². The molecule has 0 atom stereocenters. The topological polar surface area (TPSA) is 101 Å². The van der Waals surface area contributed by atoms with Gasteiger partial charge in [0.15, 0.2) is 0 Å². The number of hydrogen-bond donors (Lipinski definition) is 0. The lowest BCUT2D eigenvalue weighted by Gasteiger charge is -2.34. The van der Waals surface area contributed by atoms with E-state index in [-0.39, 0.29) is 36.9 Å². The third-order valence-electron chi connectivity index (χ3n) is 4.68. The number of carbonyl (C=O) groups excluding carboxylic acids is 1. The largest absolute Gasteiger partial charge is 0.340 e. The number of rotatable bonds is 6. The predicted molar refractivity (Wildman–Crippen MR) is 104 cm³/mol. The maximum atomic E-state index is 12.6. The van der Waals surface area contributed by atoms with E-state index in [2.05, 4.69) is 0 Å². The van der Waals surface area contributed by atoms with E-state index in [0.29, 0.717) is 18.7 Å². The van der Waals surface area contributed by atoms with Gasteiger partial charge in [0.25, 0.3) is 5.69 Å². The van der Waals surface area contributed by atoms with Crippen molar-refractivity contribution < 1.29 is 18.1 Å². The molecule has 9 heteroatoms. The van der Waals surface area contributed by atoms with Crippen LogP contribution >= 0.6 is 0 Å². The van der Waals surface area contributed by atoms with Crippen LogP contribution in [0.1, 0.15) is 11.1 Å². The number of nitro groups is 1. The molecular weight excluding hydrogens is 382 g/mol. The molecule has 0 unspecified atom stereocenters. The molecule has 0 spiro atoms. The zero-order chi connectivity index (χ0) is 20.1. The zero-order valence-electron chi connectivity index (χ0n) is 15.2. The Hall–Kier alpha value is -2.78. The molecular formula is C19H21N3O5S. The van der Waals surface area contributed by atoms with E-state index >= 15 is 0 Å². The summed E-state index contributed by atoms with van der Waals surface area (Å²) in [5.74, 6) is -0.168. The minimum absolute atomic E-state index is 0.0200. The molecule has 2 aromatic carbocycles. The molecule has 1 heterocycles. The van der Waals surface area contributed by atoms with E-state index in [1.54, 1.807) is 41.3 Å². The van der Waals surface area contributed by atoms with Crippen molar-refractivity contribution in [3.8, 4) is 0 Å². The lowest BCUT2D eigenvalue weighted by molar-refractivity contribution is -0.384. The van der Waals surface area contributed by atoms with E-state index in [1.165, 1.54) is 16.4 Å². The first-order chi connectivity index (χ1) is 13.3. The highest BCUT2D eigenvalue weighted by atomic mass is 32.2. The Morgan fingerprint density at radius 3 is 2.11 bits per heavy atom. The van der Waals surface area contributed by atoms with Crippen LogP contribution in [0.15, 0.2) is 54.6 Å². The Balaban J connectivity index is 1.54. The van der Waals surface area contributed by atoms with Gasteiger partial charge in [0.2, 0.25) is 15.9 Å². The minimum atomic E-state index is -3.43. The quantitative estimate of drug-likeness (QED) is 0.541. The first-order valence-electron chi connectivity index (χ1n) is 8.88. The van der Waals surface area contributed by atoms with E-state index in [9.17, 15) is 23.3 Å². The van der Waals surface area contributed by atoms with Crippen molar-refractivity contribution in [2.45, 2.75) is 12.2 Å². The van der Waals surface area contributed by atoms with E-state index in [1.807, 2.05) is 6.07 Å². The fraction of sp³-hybridized carbons (Fsp3) is 0.316. The van der Waals surface area contributed by atoms with Gasteiger partial charge < -0.3 is 4.90 Å². The van der Waals surface area contributed by atoms with Crippen LogP contribution < -0.4 is 0 Å². The highest BCUT2D eigenvalue weighted by Crippen LogP contribution is 2.16. The molecule has 1 aliphatic heterocycles. The van der Waals surface area contributed by atoms with Crippen LogP contribution in [0.2, 0.25) is 0 Å². The summed E-state index contributed by atoms with van der Waals surface area (Å²) in [4.78, 5) is 24.3. The number of sulfonamides is 1. The average Bonchev–Trinajstić information content (AvgIpc) is 2.69. The van der Waals surface area contributed by atoms with Crippen LogP contribution in [-0.2, 0) is 27.0 Å². The van der Waals surface area contributed by atoms with Gasteiger partial charge in [-0.1, -0.05) is 42.5 Å². The summed E-state index contributed by atoms with van der Waals surface area (Å²) in [7, 11) is -3.43. The summed E-state index contributed by atoms with van der Waals surface area (Å²) >= 11 is 0. The number of non-ortho nitro benzene ring substituents is 1. The fourth-order valence-electron chi connectivity index (χ4n) is 3.11. The molecule has 148 valence electrons. The molecule has 1 aliphatic rings. The maximum absolute atomic E-state index is 12.6. The minimum Gasteiger partial charge on any atom is -0.340 e. The van der Waals surface area contributed by atoms with Crippen molar-refractivity contribution in [1.29, 1.82) is 0 Å². The van der Waals surface area contributed by atoms with Gasteiger partial charge in [-0.15, -0.1) is 0 Å². The average molecular weight is 403 g/mol. The molecule has 0 saturated carbocycles. The Bertz CT molecular complexity index is 937. The smallest absolute Gasteiger partial charge is 0.269 e. The molecule has 8 nitrogen and oxygen atoms in total. The molecule has 2 aromatic rings. The molecule has 0 N–H and O–H groups in total. The lowest BCUT2D eigenvalue weighted by atomic mass is 10.1. The van der Waals surface area contributed by atoms with Crippen LogP contribution in [0.5, 0.6) is 0 Å². The predicted octanol–water partition coefficient (Wildman–Crippen LogP) is 1.81. The van der Waals surface area contributed by atoms with Gasteiger partial charge in [-0.25, -0.2) is 8.42 Å². The molecule has 3 rings (SSSR count). The monoisotopic (exact) mass is 403 g/mol. The summed E-state index contributed by atoms with van der Waals surface area (Å²) < 4.78 is 26.6. The second-order valence-electron chi connectivity index (χ2n) is 6.62. The summed E-state index contributed by atoms with van der Waals surface area (Å²) in [6.45, 7) is 1.20. The summed E-state index contributed by atoms with van der Waals surface area (Å²) in [6.07, 6.45) is 0.134. The van der Waals surface area contributed by atoms with Crippen molar-refractivity contribution in [2.24, 2.45) is 0 Å². The highest BCUT2D eigenvalue weighted by molar-refractivity contribution is 7.88.